The van der Waals surface area contributed by atoms with Crippen LogP contribution < -0.4 is 11.1 Å². The predicted octanol–water partition coefficient (Wildman–Crippen LogP) is 2.43. The zero-order valence-corrected chi connectivity index (χ0v) is 14.7. The first-order chi connectivity index (χ1) is 9.77. The SMILES string of the molecule is CCC(C)C(N)C(=O)Nc1ccc(C(=O)N(C)C)c(C)c1.Cl. The second-order valence-electron chi connectivity index (χ2n) is 5.63. The Morgan fingerprint density at radius 2 is 1.91 bits per heavy atom. The van der Waals surface area contributed by atoms with Gasteiger partial charge in [0.05, 0.1) is 6.04 Å². The Bertz CT molecular complexity index is 532. The third-order valence-corrected chi connectivity index (χ3v) is 3.69. The van der Waals surface area contributed by atoms with E-state index in [2.05, 4.69) is 5.32 Å². The Kier molecular flexibility index (Phi) is 8.12. The third-order valence-electron chi connectivity index (χ3n) is 3.69. The number of amides is 2. The van der Waals surface area contributed by atoms with Crippen molar-refractivity contribution in [2.45, 2.75) is 33.2 Å². The summed E-state index contributed by atoms with van der Waals surface area (Å²) in [6.45, 7) is 5.80. The fraction of sp³-hybridized carbons (Fsp3) is 0.500. The van der Waals surface area contributed by atoms with E-state index < -0.39 is 6.04 Å². The van der Waals surface area contributed by atoms with Crippen LogP contribution >= 0.6 is 12.4 Å². The average Bonchev–Trinajstić information content (AvgIpc) is 2.44. The van der Waals surface area contributed by atoms with E-state index in [1.165, 1.54) is 4.90 Å². The molecule has 1 aromatic carbocycles. The van der Waals surface area contributed by atoms with Gasteiger partial charge in [-0.3, -0.25) is 9.59 Å². The highest BCUT2D eigenvalue weighted by Gasteiger charge is 2.20. The smallest absolute Gasteiger partial charge is 0.253 e. The second kappa shape index (κ2) is 8.76. The molecule has 0 heterocycles. The van der Waals surface area contributed by atoms with Crippen molar-refractivity contribution < 1.29 is 9.59 Å². The van der Waals surface area contributed by atoms with Crippen molar-refractivity contribution in [2.24, 2.45) is 11.7 Å². The summed E-state index contributed by atoms with van der Waals surface area (Å²) < 4.78 is 0. The van der Waals surface area contributed by atoms with E-state index in [1.807, 2.05) is 20.8 Å². The van der Waals surface area contributed by atoms with Crippen molar-refractivity contribution in [3.63, 3.8) is 0 Å². The molecule has 2 atom stereocenters. The Hall–Kier alpha value is -1.59. The Balaban J connectivity index is 0.00000441. The minimum absolute atomic E-state index is 0. The van der Waals surface area contributed by atoms with Crippen LogP contribution in [-0.4, -0.2) is 36.9 Å². The van der Waals surface area contributed by atoms with E-state index in [1.54, 1.807) is 32.3 Å². The molecule has 0 fully saturated rings. The molecule has 0 spiro atoms. The third kappa shape index (κ3) is 5.00. The van der Waals surface area contributed by atoms with Gasteiger partial charge in [-0.05, 0) is 36.6 Å². The number of nitrogens with two attached hydrogens (primary N) is 1. The van der Waals surface area contributed by atoms with Gasteiger partial charge in [0.25, 0.3) is 5.91 Å². The van der Waals surface area contributed by atoms with Crippen molar-refractivity contribution in [2.75, 3.05) is 19.4 Å². The summed E-state index contributed by atoms with van der Waals surface area (Å²) in [6.07, 6.45) is 0.851. The number of halogens is 1. The average molecular weight is 328 g/mol. The summed E-state index contributed by atoms with van der Waals surface area (Å²) in [5, 5.41) is 2.80. The van der Waals surface area contributed by atoms with Crippen LogP contribution in [0.3, 0.4) is 0 Å². The molecule has 0 aliphatic heterocycles. The molecule has 1 aromatic rings. The molecule has 0 aliphatic carbocycles. The van der Waals surface area contributed by atoms with Crippen LogP contribution in [0.15, 0.2) is 18.2 Å². The number of anilines is 1. The fourth-order valence-electron chi connectivity index (χ4n) is 1.96. The minimum Gasteiger partial charge on any atom is -0.345 e. The van der Waals surface area contributed by atoms with E-state index in [9.17, 15) is 9.59 Å². The molecule has 6 heteroatoms. The van der Waals surface area contributed by atoms with Crippen LogP contribution in [0.2, 0.25) is 0 Å². The zero-order chi connectivity index (χ0) is 16.2. The molecule has 0 aromatic heterocycles. The van der Waals surface area contributed by atoms with Crippen molar-refractivity contribution in [1.82, 2.24) is 4.90 Å². The molecular weight excluding hydrogens is 302 g/mol. The molecule has 0 aliphatic rings. The summed E-state index contributed by atoms with van der Waals surface area (Å²) >= 11 is 0. The maximum Gasteiger partial charge on any atom is 0.253 e. The summed E-state index contributed by atoms with van der Waals surface area (Å²) in [5.74, 6) is -0.127. The standard InChI is InChI=1S/C16H25N3O2.ClH/c1-6-10(2)14(17)15(20)18-12-7-8-13(11(3)9-12)16(21)19(4)5;/h7-10,14H,6,17H2,1-5H3,(H,18,20);1H. The highest BCUT2D eigenvalue weighted by molar-refractivity contribution is 5.98. The van der Waals surface area contributed by atoms with E-state index in [0.29, 0.717) is 11.3 Å². The van der Waals surface area contributed by atoms with Gasteiger partial charge >= 0.3 is 0 Å². The number of benzene rings is 1. The van der Waals surface area contributed by atoms with Gasteiger partial charge in [0.15, 0.2) is 0 Å². The van der Waals surface area contributed by atoms with E-state index in [0.717, 1.165) is 12.0 Å². The normalized spacial score (nSPS) is 12.8. The van der Waals surface area contributed by atoms with Crippen LogP contribution in [0, 0.1) is 12.8 Å². The molecule has 22 heavy (non-hydrogen) atoms. The molecule has 0 saturated heterocycles. The van der Waals surface area contributed by atoms with Gasteiger partial charge in [0, 0.05) is 25.3 Å². The number of nitrogens with zero attached hydrogens (tertiary/aromatic N) is 1. The zero-order valence-electron chi connectivity index (χ0n) is 13.8. The Morgan fingerprint density at radius 3 is 2.36 bits per heavy atom. The lowest BCUT2D eigenvalue weighted by molar-refractivity contribution is -0.118. The fourth-order valence-corrected chi connectivity index (χ4v) is 1.96. The molecule has 3 N–H and O–H groups in total. The first kappa shape index (κ1) is 20.4. The molecule has 0 radical (unpaired) electrons. The van der Waals surface area contributed by atoms with Crippen LogP contribution in [0.25, 0.3) is 0 Å². The molecular formula is C16H26ClN3O2. The topological polar surface area (TPSA) is 75.4 Å². The van der Waals surface area contributed by atoms with E-state index in [-0.39, 0.29) is 30.1 Å². The predicted molar refractivity (Wildman–Crippen MR) is 92.5 cm³/mol. The lowest BCUT2D eigenvalue weighted by Crippen LogP contribution is -2.40. The highest BCUT2D eigenvalue weighted by Crippen LogP contribution is 2.17. The number of hydrogen-bond acceptors (Lipinski definition) is 3. The number of carbonyl (C=O) groups is 2. The summed E-state index contributed by atoms with van der Waals surface area (Å²) in [5.41, 5.74) is 8.01. The van der Waals surface area contributed by atoms with Crippen LogP contribution in [0.1, 0.15) is 36.2 Å². The Morgan fingerprint density at radius 1 is 1.32 bits per heavy atom. The number of rotatable bonds is 5. The largest absolute Gasteiger partial charge is 0.345 e. The number of aryl methyl sites for hydroxylation is 1. The summed E-state index contributed by atoms with van der Waals surface area (Å²) in [6, 6.07) is 4.71. The number of carbonyl (C=O) groups excluding carboxylic acids is 2. The van der Waals surface area contributed by atoms with Gasteiger partial charge in [-0.15, -0.1) is 12.4 Å². The minimum atomic E-state index is -0.529. The van der Waals surface area contributed by atoms with Crippen LogP contribution in [0.4, 0.5) is 5.69 Å². The van der Waals surface area contributed by atoms with Crippen molar-refractivity contribution in [3.8, 4) is 0 Å². The number of hydrogen-bond donors (Lipinski definition) is 2. The first-order valence-electron chi connectivity index (χ1n) is 7.16. The molecule has 124 valence electrons. The lowest BCUT2D eigenvalue weighted by atomic mass is 9.99. The highest BCUT2D eigenvalue weighted by atomic mass is 35.5. The van der Waals surface area contributed by atoms with Gasteiger partial charge in [-0.1, -0.05) is 20.3 Å². The number of nitrogens with one attached hydrogen (secondary N) is 1. The quantitative estimate of drug-likeness (QED) is 0.872. The van der Waals surface area contributed by atoms with Gasteiger partial charge < -0.3 is 16.0 Å². The van der Waals surface area contributed by atoms with Gasteiger partial charge in [0.2, 0.25) is 5.91 Å². The molecule has 2 unspecified atom stereocenters. The van der Waals surface area contributed by atoms with Gasteiger partial charge in [0.1, 0.15) is 0 Å². The van der Waals surface area contributed by atoms with Crippen molar-refractivity contribution in [1.29, 1.82) is 0 Å². The van der Waals surface area contributed by atoms with Crippen LogP contribution in [0.5, 0.6) is 0 Å². The Labute approximate surface area is 138 Å². The summed E-state index contributed by atoms with van der Waals surface area (Å²) in [7, 11) is 3.42. The molecule has 1 rings (SSSR count). The second-order valence-corrected chi connectivity index (χ2v) is 5.63. The van der Waals surface area contributed by atoms with Gasteiger partial charge in [-0.2, -0.15) is 0 Å². The molecule has 0 saturated carbocycles. The van der Waals surface area contributed by atoms with Gasteiger partial charge in [-0.25, -0.2) is 0 Å². The first-order valence-corrected chi connectivity index (χ1v) is 7.16. The summed E-state index contributed by atoms with van der Waals surface area (Å²) in [4.78, 5) is 25.5. The molecule has 2 amide bonds. The van der Waals surface area contributed by atoms with E-state index in [4.69, 9.17) is 5.73 Å². The molecule has 0 bridgehead atoms. The molecule has 5 nitrogen and oxygen atoms in total. The maximum absolute atomic E-state index is 12.0. The van der Waals surface area contributed by atoms with Crippen molar-refractivity contribution >= 4 is 29.9 Å². The van der Waals surface area contributed by atoms with Crippen LogP contribution in [-0.2, 0) is 4.79 Å². The monoisotopic (exact) mass is 327 g/mol. The van der Waals surface area contributed by atoms with E-state index >= 15 is 0 Å². The van der Waals surface area contributed by atoms with Crippen molar-refractivity contribution in [3.05, 3.63) is 29.3 Å². The lowest BCUT2D eigenvalue weighted by Gasteiger charge is -2.18. The maximum atomic E-state index is 12.0.